The molecule has 2 amide bonds. The van der Waals surface area contributed by atoms with Crippen LogP contribution in [0, 0.1) is 18.2 Å². The van der Waals surface area contributed by atoms with Crippen molar-refractivity contribution in [3.05, 3.63) is 59.3 Å². The minimum absolute atomic E-state index is 0.0138. The van der Waals surface area contributed by atoms with E-state index in [1.165, 1.54) is 12.1 Å². The van der Waals surface area contributed by atoms with Gasteiger partial charge in [0.15, 0.2) is 0 Å². The van der Waals surface area contributed by atoms with Crippen molar-refractivity contribution in [2.45, 2.75) is 47.2 Å². The fourth-order valence-corrected chi connectivity index (χ4v) is 4.01. The molecule has 0 N–H and O–H groups in total. The Kier molecular flexibility index (Phi) is 9.46. The van der Waals surface area contributed by atoms with E-state index in [1.54, 1.807) is 21.9 Å². The van der Waals surface area contributed by atoms with Crippen LogP contribution in [0.2, 0.25) is 0 Å². The number of hydrogen-bond acceptors (Lipinski definition) is 5. The van der Waals surface area contributed by atoms with Crippen LogP contribution in [-0.4, -0.2) is 72.5 Å². The number of carbonyl (C=O) groups excluding carboxylic acids is 2. The molecule has 35 heavy (non-hydrogen) atoms. The van der Waals surface area contributed by atoms with Gasteiger partial charge in [0.25, 0.3) is 0 Å². The third-order valence-electron chi connectivity index (χ3n) is 5.93. The van der Waals surface area contributed by atoms with Gasteiger partial charge in [-0.1, -0.05) is 32.9 Å². The molecule has 0 spiro atoms. The molecule has 0 saturated carbocycles. The van der Waals surface area contributed by atoms with Crippen LogP contribution < -0.4 is 0 Å². The number of rotatable bonds is 10. The van der Waals surface area contributed by atoms with Crippen LogP contribution in [0.3, 0.4) is 0 Å². The topological polar surface area (TPSA) is 66.2 Å². The van der Waals surface area contributed by atoms with Crippen molar-refractivity contribution < 1.29 is 23.1 Å². The summed E-state index contributed by atoms with van der Waals surface area (Å²) in [6, 6.07) is 9.82. The van der Waals surface area contributed by atoms with Crippen LogP contribution in [0.4, 0.5) is 4.39 Å². The smallest absolute Gasteiger partial charge is 0.242 e. The first-order chi connectivity index (χ1) is 16.6. The van der Waals surface area contributed by atoms with Gasteiger partial charge in [0.05, 0.1) is 26.3 Å². The highest BCUT2D eigenvalue weighted by Gasteiger charge is 2.26. The maximum atomic E-state index is 13.5. The predicted octanol–water partition coefficient (Wildman–Crippen LogP) is 3.85. The maximum Gasteiger partial charge on any atom is 0.242 e. The number of hydrogen-bond donors (Lipinski definition) is 0. The van der Waals surface area contributed by atoms with Crippen LogP contribution in [-0.2, 0) is 27.4 Å². The molecular weight excluding hydrogens is 449 g/mol. The van der Waals surface area contributed by atoms with Gasteiger partial charge in [-0.15, -0.1) is 0 Å². The molecule has 192 valence electrons. The number of aryl methyl sites for hydroxylation is 1. The highest BCUT2D eigenvalue weighted by Crippen LogP contribution is 2.20. The number of benzene rings is 1. The fourth-order valence-electron chi connectivity index (χ4n) is 4.01. The lowest BCUT2D eigenvalue weighted by Crippen LogP contribution is -2.47. The summed E-state index contributed by atoms with van der Waals surface area (Å²) in [5.74, 6) is 0.901. The van der Waals surface area contributed by atoms with Crippen molar-refractivity contribution in [3.63, 3.8) is 0 Å². The molecule has 0 aliphatic carbocycles. The number of furan rings is 1. The molecule has 3 rings (SSSR count). The zero-order valence-electron chi connectivity index (χ0n) is 21.4. The van der Waals surface area contributed by atoms with Gasteiger partial charge in [-0.3, -0.25) is 14.5 Å². The Morgan fingerprint density at radius 2 is 1.66 bits per heavy atom. The Labute approximate surface area is 207 Å². The molecule has 7 nitrogen and oxygen atoms in total. The number of halogens is 1. The summed E-state index contributed by atoms with van der Waals surface area (Å²) in [5, 5.41) is 0. The van der Waals surface area contributed by atoms with Gasteiger partial charge in [0.2, 0.25) is 11.8 Å². The SMILES string of the molecule is Cc1ccc(CN(Cc2ccc(F)cc2)C(=O)CN(CCN2CCOCC2)C(=O)CC(C)(C)C)o1. The highest BCUT2D eigenvalue weighted by atomic mass is 19.1. The Bertz CT molecular complexity index is 962. The van der Waals surface area contributed by atoms with Crippen molar-refractivity contribution in [2.24, 2.45) is 5.41 Å². The lowest BCUT2D eigenvalue weighted by atomic mass is 9.91. The van der Waals surface area contributed by atoms with E-state index in [1.807, 2.05) is 39.8 Å². The lowest BCUT2D eigenvalue weighted by Gasteiger charge is -2.32. The summed E-state index contributed by atoms with van der Waals surface area (Å²) in [5.41, 5.74) is 0.625. The van der Waals surface area contributed by atoms with Gasteiger partial charge in [-0.25, -0.2) is 4.39 Å². The van der Waals surface area contributed by atoms with Gasteiger partial charge in [0.1, 0.15) is 17.3 Å². The molecule has 0 unspecified atom stereocenters. The van der Waals surface area contributed by atoms with E-state index in [0.717, 1.165) is 24.4 Å². The average Bonchev–Trinajstić information content (AvgIpc) is 3.21. The van der Waals surface area contributed by atoms with E-state index in [2.05, 4.69) is 4.90 Å². The number of ether oxygens (including phenoxy) is 1. The van der Waals surface area contributed by atoms with E-state index in [4.69, 9.17) is 9.15 Å². The highest BCUT2D eigenvalue weighted by molar-refractivity contribution is 5.85. The molecule has 1 aromatic carbocycles. The Hall–Kier alpha value is -2.71. The van der Waals surface area contributed by atoms with E-state index in [9.17, 15) is 14.0 Å². The maximum absolute atomic E-state index is 13.5. The van der Waals surface area contributed by atoms with Crippen LogP contribution in [0.15, 0.2) is 40.8 Å². The van der Waals surface area contributed by atoms with Crippen LogP contribution >= 0.6 is 0 Å². The van der Waals surface area contributed by atoms with E-state index in [-0.39, 0.29) is 36.1 Å². The van der Waals surface area contributed by atoms with Gasteiger partial charge >= 0.3 is 0 Å². The van der Waals surface area contributed by atoms with E-state index < -0.39 is 0 Å². The molecule has 2 aromatic rings. The lowest BCUT2D eigenvalue weighted by molar-refractivity contribution is -0.142. The molecule has 0 bridgehead atoms. The minimum atomic E-state index is -0.324. The number of amides is 2. The Morgan fingerprint density at radius 3 is 2.26 bits per heavy atom. The zero-order chi connectivity index (χ0) is 25.4. The largest absolute Gasteiger partial charge is 0.464 e. The van der Waals surface area contributed by atoms with Crippen LogP contribution in [0.5, 0.6) is 0 Å². The van der Waals surface area contributed by atoms with E-state index in [0.29, 0.717) is 45.0 Å². The third-order valence-corrected chi connectivity index (χ3v) is 5.93. The van der Waals surface area contributed by atoms with Crippen molar-refractivity contribution >= 4 is 11.8 Å². The quantitative estimate of drug-likeness (QED) is 0.509. The zero-order valence-corrected chi connectivity index (χ0v) is 21.4. The van der Waals surface area contributed by atoms with Crippen LogP contribution in [0.1, 0.15) is 44.3 Å². The summed E-state index contributed by atoms with van der Waals surface area (Å²) in [6.45, 7) is 12.7. The number of nitrogens with zero attached hydrogens (tertiary/aromatic N) is 3. The first-order valence-corrected chi connectivity index (χ1v) is 12.2. The van der Waals surface area contributed by atoms with Crippen molar-refractivity contribution in [2.75, 3.05) is 45.9 Å². The first kappa shape index (κ1) is 26.9. The molecule has 1 aliphatic rings. The number of carbonyl (C=O) groups is 2. The van der Waals surface area contributed by atoms with Gasteiger partial charge in [0, 0.05) is 39.1 Å². The summed E-state index contributed by atoms with van der Waals surface area (Å²) in [4.78, 5) is 32.3. The normalized spacial score (nSPS) is 14.7. The molecule has 0 atom stereocenters. The summed E-state index contributed by atoms with van der Waals surface area (Å²) < 4.78 is 24.6. The fraction of sp³-hybridized carbons (Fsp3) is 0.556. The second-order valence-corrected chi connectivity index (χ2v) is 10.4. The van der Waals surface area contributed by atoms with Crippen LogP contribution in [0.25, 0.3) is 0 Å². The van der Waals surface area contributed by atoms with Gasteiger partial charge in [-0.2, -0.15) is 0 Å². The molecule has 2 heterocycles. The Morgan fingerprint density at radius 1 is 0.971 bits per heavy atom. The second kappa shape index (κ2) is 12.3. The van der Waals surface area contributed by atoms with Crippen molar-refractivity contribution in [1.29, 1.82) is 0 Å². The number of morpholine rings is 1. The van der Waals surface area contributed by atoms with E-state index >= 15 is 0 Å². The molecule has 8 heteroatoms. The molecule has 1 aromatic heterocycles. The predicted molar refractivity (Wildman–Crippen MR) is 132 cm³/mol. The standard InChI is InChI=1S/C27H38FN3O4/c1-21-5-10-24(35-21)19-31(18-22-6-8-23(28)9-7-22)26(33)20-30(25(32)17-27(2,3)4)12-11-29-13-15-34-16-14-29/h5-10H,11-20H2,1-4H3. The van der Waals surface area contributed by atoms with Gasteiger partial charge < -0.3 is 19.0 Å². The summed E-state index contributed by atoms with van der Waals surface area (Å²) in [7, 11) is 0. The Balaban J connectivity index is 1.74. The molecule has 1 saturated heterocycles. The molecule has 1 aliphatic heterocycles. The van der Waals surface area contributed by atoms with Gasteiger partial charge in [-0.05, 0) is 42.2 Å². The molecule has 1 fully saturated rings. The molecular formula is C27H38FN3O4. The van der Waals surface area contributed by atoms with Crippen molar-refractivity contribution in [1.82, 2.24) is 14.7 Å². The third kappa shape index (κ3) is 9.11. The minimum Gasteiger partial charge on any atom is -0.464 e. The average molecular weight is 488 g/mol. The molecule has 0 radical (unpaired) electrons. The van der Waals surface area contributed by atoms with Crippen molar-refractivity contribution in [3.8, 4) is 0 Å². The second-order valence-electron chi connectivity index (χ2n) is 10.4. The monoisotopic (exact) mass is 487 g/mol. The summed E-state index contributed by atoms with van der Waals surface area (Å²) >= 11 is 0. The first-order valence-electron chi connectivity index (χ1n) is 12.2. The summed E-state index contributed by atoms with van der Waals surface area (Å²) in [6.07, 6.45) is 0.360.